The fraction of sp³-hybridized carbons (Fsp3) is 0.185. The van der Waals surface area contributed by atoms with E-state index in [1.165, 1.54) is 50.8 Å². The van der Waals surface area contributed by atoms with Gasteiger partial charge >= 0.3 is 18.0 Å². The van der Waals surface area contributed by atoms with E-state index in [9.17, 15) is 27.6 Å². The molecule has 40 heavy (non-hydrogen) atoms. The minimum atomic E-state index is -4.63. The molecule has 0 saturated carbocycles. The highest BCUT2D eigenvalue weighted by atomic mass is 19.4. The van der Waals surface area contributed by atoms with Crippen molar-refractivity contribution in [1.29, 1.82) is 0 Å². The number of ether oxygens (including phenoxy) is 3. The maximum atomic E-state index is 13.1. The number of carbonyl (C=O) groups excluding carboxylic acids is 3. The van der Waals surface area contributed by atoms with E-state index in [0.717, 1.165) is 17.7 Å². The number of nitrogens with one attached hydrogen (secondary N) is 3. The van der Waals surface area contributed by atoms with Crippen LogP contribution in [0.5, 0.6) is 17.2 Å². The van der Waals surface area contributed by atoms with Gasteiger partial charge in [0.1, 0.15) is 5.75 Å². The number of halogens is 3. The molecule has 10 nitrogen and oxygen atoms in total. The molecule has 0 unspecified atom stereocenters. The predicted molar refractivity (Wildman–Crippen MR) is 139 cm³/mol. The number of alkyl halides is 3. The molecule has 0 aliphatic carbocycles. The second-order valence-corrected chi connectivity index (χ2v) is 8.02. The van der Waals surface area contributed by atoms with Gasteiger partial charge in [0.25, 0.3) is 5.91 Å². The molecule has 0 radical (unpaired) electrons. The number of hydrogen-bond acceptors (Lipinski definition) is 7. The van der Waals surface area contributed by atoms with Gasteiger partial charge in [0.15, 0.2) is 18.1 Å². The highest BCUT2D eigenvalue weighted by Gasteiger charge is 2.33. The van der Waals surface area contributed by atoms with Gasteiger partial charge in [-0.25, -0.2) is 5.43 Å². The Kier molecular flexibility index (Phi) is 10.1. The normalized spacial score (nSPS) is 11.0. The molecular weight excluding hydrogens is 533 g/mol. The summed E-state index contributed by atoms with van der Waals surface area (Å²) < 4.78 is 55.1. The molecule has 0 aliphatic heterocycles. The van der Waals surface area contributed by atoms with E-state index in [2.05, 4.69) is 21.2 Å². The molecule has 3 rings (SSSR count). The Balaban J connectivity index is 1.51. The number of anilines is 1. The van der Waals surface area contributed by atoms with Crippen LogP contribution in [0.1, 0.15) is 16.7 Å². The fourth-order valence-corrected chi connectivity index (χ4v) is 3.27. The molecule has 0 fully saturated rings. The molecule has 3 aromatic rings. The maximum absolute atomic E-state index is 13.1. The summed E-state index contributed by atoms with van der Waals surface area (Å²) in [6.07, 6.45) is -3.38. The summed E-state index contributed by atoms with van der Waals surface area (Å²) in [5.41, 5.74) is 1.96. The summed E-state index contributed by atoms with van der Waals surface area (Å²) in [6.45, 7) is -0.455. The summed E-state index contributed by atoms with van der Waals surface area (Å²) in [5.74, 6) is -1.68. The monoisotopic (exact) mass is 558 g/mol. The number of amides is 3. The van der Waals surface area contributed by atoms with Crippen LogP contribution in [0.3, 0.4) is 0 Å². The number of hydrogen-bond donors (Lipinski definition) is 3. The van der Waals surface area contributed by atoms with Gasteiger partial charge in [0.05, 0.1) is 31.7 Å². The Labute approximate surface area is 227 Å². The molecule has 0 bridgehead atoms. The molecule has 3 amide bonds. The van der Waals surface area contributed by atoms with Gasteiger partial charge < -0.3 is 24.8 Å². The smallest absolute Gasteiger partial charge is 0.418 e. The van der Waals surface area contributed by atoms with Crippen LogP contribution in [-0.4, -0.2) is 44.8 Å². The highest BCUT2D eigenvalue weighted by Crippen LogP contribution is 2.34. The van der Waals surface area contributed by atoms with Crippen molar-refractivity contribution >= 4 is 29.6 Å². The summed E-state index contributed by atoms with van der Waals surface area (Å²) in [6, 6.07) is 16.0. The first-order valence-electron chi connectivity index (χ1n) is 11.6. The van der Waals surface area contributed by atoms with Crippen molar-refractivity contribution in [3.8, 4) is 17.2 Å². The van der Waals surface area contributed by atoms with Gasteiger partial charge in [0, 0.05) is 6.54 Å². The lowest BCUT2D eigenvalue weighted by Gasteiger charge is -2.14. The first-order valence-corrected chi connectivity index (χ1v) is 11.6. The first kappa shape index (κ1) is 29.5. The minimum Gasteiger partial charge on any atom is -0.497 e. The van der Waals surface area contributed by atoms with Crippen LogP contribution >= 0.6 is 0 Å². The van der Waals surface area contributed by atoms with Crippen molar-refractivity contribution in [1.82, 2.24) is 10.7 Å². The van der Waals surface area contributed by atoms with Crippen molar-refractivity contribution in [3.63, 3.8) is 0 Å². The molecule has 0 aromatic heterocycles. The SMILES string of the molecule is COc1ccc(CNC(=O)C(=O)N/N=C\c2ccc(OCC(=O)Nc3ccccc3C(F)(F)F)c(OC)c2)cc1. The van der Waals surface area contributed by atoms with E-state index < -0.39 is 41.8 Å². The summed E-state index contributed by atoms with van der Waals surface area (Å²) >= 11 is 0. The average Bonchev–Trinajstić information content (AvgIpc) is 2.95. The van der Waals surface area contributed by atoms with Crippen LogP contribution in [0.4, 0.5) is 18.9 Å². The number of benzene rings is 3. The van der Waals surface area contributed by atoms with Crippen molar-refractivity contribution in [2.24, 2.45) is 5.10 Å². The molecule has 3 aromatic carbocycles. The second-order valence-electron chi connectivity index (χ2n) is 8.02. The van der Waals surface area contributed by atoms with Gasteiger partial charge in [-0.2, -0.15) is 18.3 Å². The van der Waals surface area contributed by atoms with Crippen molar-refractivity contribution in [2.45, 2.75) is 12.7 Å². The zero-order chi connectivity index (χ0) is 29.1. The number of carbonyl (C=O) groups is 3. The molecule has 0 spiro atoms. The van der Waals surface area contributed by atoms with E-state index in [4.69, 9.17) is 14.2 Å². The van der Waals surface area contributed by atoms with E-state index in [-0.39, 0.29) is 18.0 Å². The number of para-hydroxylation sites is 1. The Bertz CT molecular complexity index is 1380. The molecule has 0 atom stereocenters. The van der Waals surface area contributed by atoms with Gasteiger partial charge in [-0.1, -0.05) is 24.3 Å². The third kappa shape index (κ3) is 8.48. The molecule has 0 aliphatic rings. The number of rotatable bonds is 10. The molecule has 0 heterocycles. The van der Waals surface area contributed by atoms with Crippen LogP contribution < -0.4 is 30.3 Å². The topological polar surface area (TPSA) is 127 Å². The highest BCUT2D eigenvalue weighted by molar-refractivity contribution is 6.35. The van der Waals surface area contributed by atoms with Gasteiger partial charge in [0.2, 0.25) is 0 Å². The predicted octanol–water partition coefficient (Wildman–Crippen LogP) is 3.51. The quantitative estimate of drug-likeness (QED) is 0.199. The van der Waals surface area contributed by atoms with Gasteiger partial charge in [-0.15, -0.1) is 0 Å². The molecule has 13 heteroatoms. The zero-order valence-electron chi connectivity index (χ0n) is 21.4. The Morgan fingerprint density at radius 3 is 2.30 bits per heavy atom. The lowest BCUT2D eigenvalue weighted by molar-refractivity contribution is -0.139. The van der Waals surface area contributed by atoms with Crippen molar-refractivity contribution in [3.05, 3.63) is 83.4 Å². The van der Waals surface area contributed by atoms with E-state index in [1.54, 1.807) is 24.3 Å². The van der Waals surface area contributed by atoms with Crippen LogP contribution in [0, 0.1) is 0 Å². The molecular formula is C27H25F3N4O6. The zero-order valence-corrected chi connectivity index (χ0v) is 21.4. The van der Waals surface area contributed by atoms with Gasteiger partial charge in [-0.3, -0.25) is 14.4 Å². The number of methoxy groups -OCH3 is 2. The Morgan fingerprint density at radius 2 is 1.62 bits per heavy atom. The maximum Gasteiger partial charge on any atom is 0.418 e. The van der Waals surface area contributed by atoms with E-state index >= 15 is 0 Å². The van der Waals surface area contributed by atoms with E-state index in [1.807, 2.05) is 0 Å². The summed E-state index contributed by atoms with van der Waals surface area (Å²) in [5, 5.41) is 8.39. The van der Waals surface area contributed by atoms with Crippen LogP contribution in [0.15, 0.2) is 71.8 Å². The van der Waals surface area contributed by atoms with Crippen molar-refractivity contribution in [2.75, 3.05) is 26.1 Å². The third-order valence-corrected chi connectivity index (χ3v) is 5.25. The fourth-order valence-electron chi connectivity index (χ4n) is 3.27. The third-order valence-electron chi connectivity index (χ3n) is 5.25. The average molecular weight is 559 g/mol. The minimum absolute atomic E-state index is 0.130. The first-order chi connectivity index (χ1) is 19.1. The molecule has 0 saturated heterocycles. The number of nitrogens with zero attached hydrogens (tertiary/aromatic N) is 1. The second kappa shape index (κ2) is 13.6. The lowest BCUT2D eigenvalue weighted by Crippen LogP contribution is -2.37. The summed E-state index contributed by atoms with van der Waals surface area (Å²) in [4.78, 5) is 36.2. The lowest BCUT2D eigenvalue weighted by atomic mass is 10.1. The van der Waals surface area contributed by atoms with Crippen molar-refractivity contribution < 1.29 is 41.8 Å². The van der Waals surface area contributed by atoms with Gasteiger partial charge in [-0.05, 0) is 53.6 Å². The Morgan fingerprint density at radius 1 is 0.900 bits per heavy atom. The van der Waals surface area contributed by atoms with Crippen LogP contribution in [0.2, 0.25) is 0 Å². The summed E-state index contributed by atoms with van der Waals surface area (Å²) in [7, 11) is 2.88. The number of hydrazone groups is 1. The Hall–Kier alpha value is -5.07. The molecule has 210 valence electrons. The van der Waals surface area contributed by atoms with Crippen LogP contribution in [0.25, 0.3) is 0 Å². The standard InChI is InChI=1S/C27H25F3N4O6/c1-38-19-10-7-17(8-11-19)14-31-25(36)26(37)34-32-15-18-9-12-22(23(13-18)39-2)40-16-24(35)33-21-6-4-3-5-20(21)27(28,29)30/h3-13,15H,14,16H2,1-2H3,(H,31,36)(H,33,35)(H,34,37)/b32-15-. The van der Waals surface area contributed by atoms with Crippen LogP contribution in [-0.2, 0) is 27.1 Å². The largest absolute Gasteiger partial charge is 0.497 e. The van der Waals surface area contributed by atoms with E-state index in [0.29, 0.717) is 11.3 Å². The molecule has 3 N–H and O–H groups in total.